The largest absolute Gasteiger partial charge is 0.0776 e. The molecule has 0 saturated heterocycles. The molecule has 0 aromatic heterocycles. The molecule has 13 heavy (non-hydrogen) atoms. The first-order valence-electron chi connectivity index (χ1n) is 4.41. The molecule has 0 nitrogen and oxygen atoms in total. The predicted octanol–water partition coefficient (Wildman–Crippen LogP) is 4.17. The van der Waals surface area contributed by atoms with Crippen molar-refractivity contribution in [2.24, 2.45) is 16.7 Å². The summed E-state index contributed by atoms with van der Waals surface area (Å²) in [4.78, 5) is 0. The van der Waals surface area contributed by atoms with Crippen LogP contribution in [0.4, 0.5) is 0 Å². The molecule has 0 N–H and O–H groups in total. The van der Waals surface area contributed by atoms with E-state index in [9.17, 15) is 0 Å². The maximum Gasteiger partial charge on any atom is 0 e. The summed E-state index contributed by atoms with van der Waals surface area (Å²) in [5, 5.41) is 0. The summed E-state index contributed by atoms with van der Waals surface area (Å²) in [6, 6.07) is 0. The molecule has 2 aliphatic carbocycles. The normalized spacial score (nSPS) is 38.5. The van der Waals surface area contributed by atoms with Crippen molar-refractivity contribution in [3.8, 4) is 0 Å². The second-order valence-corrected chi connectivity index (χ2v) is 4.81. The van der Waals surface area contributed by atoms with E-state index in [2.05, 4.69) is 27.2 Å². The van der Waals surface area contributed by atoms with Crippen LogP contribution in [0.3, 0.4) is 0 Å². The fourth-order valence-electron chi connectivity index (χ4n) is 2.80. The number of hydrogen-bond acceptors (Lipinski definition) is 0. The van der Waals surface area contributed by atoms with Crippen molar-refractivity contribution in [3.63, 3.8) is 0 Å². The molecule has 2 fully saturated rings. The molecular weight excluding hydrogens is 263 g/mol. The zero-order chi connectivity index (χ0) is 7.41. The molecule has 2 aliphatic rings. The molecule has 2 rings (SSSR count). The van der Waals surface area contributed by atoms with Gasteiger partial charge in [-0.15, -0.1) is 0 Å². The Morgan fingerprint density at radius 1 is 1.23 bits per heavy atom. The standard InChI is InChI=1S/C10H17.2CH4.Sn.H2/c1-9(2)8-4-6-10(9,3)7-5-8;;;;/h6,8H,4-5,7H2,1-3H3;2*1H4;;1H/t8-,10+;;;;/m0..../s1. The van der Waals surface area contributed by atoms with Crippen molar-refractivity contribution in [1.29, 1.82) is 0 Å². The van der Waals surface area contributed by atoms with Crippen LogP contribution in [-0.2, 0) is 0 Å². The monoisotopic (exact) mass is 291 g/mol. The van der Waals surface area contributed by atoms with Gasteiger partial charge in [-0.3, -0.25) is 0 Å². The quantitative estimate of drug-likeness (QED) is 0.587. The molecule has 0 aromatic carbocycles. The first kappa shape index (κ1) is 16.2. The Balaban J connectivity index is -0.000000302. The number of fused-ring (bicyclic) bond motifs is 2. The summed E-state index contributed by atoms with van der Waals surface area (Å²) >= 11 is 0. The average molecular weight is 290 g/mol. The Hall–Kier alpha value is 0.799. The first-order chi connectivity index (χ1) is 4.56. The Kier molecular flexibility index (Phi) is 5.68. The Morgan fingerprint density at radius 2 is 1.77 bits per heavy atom. The van der Waals surface area contributed by atoms with E-state index in [1.165, 1.54) is 19.3 Å². The van der Waals surface area contributed by atoms with Gasteiger partial charge in [0.2, 0.25) is 0 Å². The Labute approximate surface area is 103 Å². The molecule has 0 spiro atoms. The van der Waals surface area contributed by atoms with Crippen molar-refractivity contribution in [2.75, 3.05) is 0 Å². The van der Waals surface area contributed by atoms with Gasteiger partial charge in [-0.25, -0.2) is 0 Å². The first-order valence-corrected chi connectivity index (χ1v) is 4.41. The van der Waals surface area contributed by atoms with Crippen LogP contribution in [0.1, 0.15) is 56.3 Å². The second-order valence-electron chi connectivity index (χ2n) is 4.81. The third-order valence-electron chi connectivity index (χ3n) is 4.36. The Bertz CT molecular complexity index is 155. The van der Waals surface area contributed by atoms with Crippen LogP contribution in [0, 0.1) is 23.2 Å². The topological polar surface area (TPSA) is 0 Å². The Morgan fingerprint density at radius 3 is 1.85 bits per heavy atom. The molecular formula is C12H27Sn. The van der Waals surface area contributed by atoms with Crippen LogP contribution in [0.25, 0.3) is 0 Å². The molecule has 1 heteroatoms. The molecule has 2 saturated carbocycles. The molecule has 0 unspecified atom stereocenters. The van der Waals surface area contributed by atoms with Crippen molar-refractivity contribution < 1.29 is 1.43 Å². The minimum absolute atomic E-state index is 0. The third-order valence-corrected chi connectivity index (χ3v) is 4.36. The van der Waals surface area contributed by atoms with Crippen molar-refractivity contribution in [1.82, 2.24) is 0 Å². The van der Waals surface area contributed by atoms with Crippen molar-refractivity contribution in [2.45, 2.75) is 54.9 Å². The molecule has 79 valence electrons. The van der Waals surface area contributed by atoms with Crippen LogP contribution in [0.2, 0.25) is 0 Å². The number of hydrogen-bond donors (Lipinski definition) is 0. The van der Waals surface area contributed by atoms with E-state index in [1.807, 2.05) is 0 Å². The molecule has 0 aliphatic heterocycles. The smallest absolute Gasteiger partial charge is 0 e. The van der Waals surface area contributed by atoms with E-state index in [0.717, 1.165) is 5.92 Å². The molecule has 0 heterocycles. The van der Waals surface area contributed by atoms with E-state index in [-0.39, 0.29) is 40.2 Å². The van der Waals surface area contributed by atoms with Gasteiger partial charge in [0.15, 0.2) is 0 Å². The van der Waals surface area contributed by atoms with Gasteiger partial charge in [0.25, 0.3) is 0 Å². The SMILES string of the molecule is C.C.CC1(C)[C@H]2C[CH][C@]1(C)CC2.[HH].[Sn]. The molecule has 0 amide bonds. The number of rotatable bonds is 0. The third kappa shape index (κ3) is 1.93. The summed E-state index contributed by atoms with van der Waals surface area (Å²) in [5.74, 6) is 0.998. The van der Waals surface area contributed by atoms with Crippen LogP contribution in [0.15, 0.2) is 0 Å². The van der Waals surface area contributed by atoms with Crippen LogP contribution >= 0.6 is 0 Å². The van der Waals surface area contributed by atoms with Gasteiger partial charge in [0, 0.05) is 25.3 Å². The van der Waals surface area contributed by atoms with Crippen LogP contribution in [-0.4, -0.2) is 23.9 Å². The summed E-state index contributed by atoms with van der Waals surface area (Å²) in [6.45, 7) is 7.31. The van der Waals surface area contributed by atoms with E-state index in [1.54, 1.807) is 0 Å². The molecule has 0 aromatic rings. The van der Waals surface area contributed by atoms with Gasteiger partial charge in [-0.1, -0.05) is 35.6 Å². The fraction of sp³-hybridized carbons (Fsp3) is 0.917. The van der Waals surface area contributed by atoms with Gasteiger partial charge in [0.05, 0.1) is 0 Å². The summed E-state index contributed by atoms with van der Waals surface area (Å²) < 4.78 is 0. The fourth-order valence-corrected chi connectivity index (χ4v) is 2.80. The zero-order valence-corrected chi connectivity index (χ0v) is 10.6. The minimum Gasteiger partial charge on any atom is -0.0776 e. The predicted molar refractivity (Wildman–Crippen MR) is 64.9 cm³/mol. The van der Waals surface area contributed by atoms with Gasteiger partial charge in [0.1, 0.15) is 0 Å². The van der Waals surface area contributed by atoms with E-state index in [4.69, 9.17) is 0 Å². The van der Waals surface area contributed by atoms with Gasteiger partial charge >= 0.3 is 0 Å². The van der Waals surface area contributed by atoms with E-state index in [0.29, 0.717) is 10.8 Å². The zero-order valence-electron chi connectivity index (χ0n) is 7.78. The van der Waals surface area contributed by atoms with Gasteiger partial charge in [-0.05, 0) is 42.4 Å². The second kappa shape index (κ2) is 4.55. The van der Waals surface area contributed by atoms with E-state index >= 15 is 0 Å². The summed E-state index contributed by atoms with van der Waals surface area (Å²) in [7, 11) is 0. The van der Waals surface area contributed by atoms with Crippen molar-refractivity contribution >= 4 is 23.9 Å². The van der Waals surface area contributed by atoms with E-state index < -0.39 is 0 Å². The van der Waals surface area contributed by atoms with Crippen LogP contribution < -0.4 is 0 Å². The molecule has 2 bridgehead atoms. The van der Waals surface area contributed by atoms with Crippen molar-refractivity contribution in [3.05, 3.63) is 6.42 Å². The van der Waals surface area contributed by atoms with Gasteiger partial charge < -0.3 is 0 Å². The average Bonchev–Trinajstić information content (AvgIpc) is 2.18. The molecule has 2 atom stereocenters. The summed E-state index contributed by atoms with van der Waals surface area (Å²) in [6.07, 6.45) is 6.84. The minimum atomic E-state index is 0. The maximum atomic E-state index is 2.56. The van der Waals surface area contributed by atoms with Crippen LogP contribution in [0.5, 0.6) is 0 Å². The molecule has 5 radical (unpaired) electrons. The summed E-state index contributed by atoms with van der Waals surface area (Å²) in [5.41, 5.74) is 1.19. The van der Waals surface area contributed by atoms with Gasteiger partial charge in [-0.2, -0.15) is 0 Å². The maximum absolute atomic E-state index is 2.56.